The van der Waals surface area contributed by atoms with Crippen molar-refractivity contribution in [3.8, 4) is 0 Å². The lowest BCUT2D eigenvalue weighted by molar-refractivity contribution is -0.121. The van der Waals surface area contributed by atoms with E-state index in [2.05, 4.69) is 25.7 Å². The van der Waals surface area contributed by atoms with Crippen molar-refractivity contribution in [1.82, 2.24) is 25.6 Å². The minimum absolute atomic E-state index is 0.0212. The molecule has 3 rings (SSSR count). The fourth-order valence-electron chi connectivity index (χ4n) is 2.20. The number of carbonyl (C=O) groups excluding carboxylic acids is 1. The van der Waals surface area contributed by atoms with Gasteiger partial charge in [0.25, 0.3) is 5.56 Å². The molecule has 0 atom stereocenters. The number of amides is 1. The van der Waals surface area contributed by atoms with Gasteiger partial charge in [0.2, 0.25) is 5.91 Å². The first-order chi connectivity index (χ1) is 11.6. The molecule has 0 fully saturated rings. The third-order valence-corrected chi connectivity index (χ3v) is 3.38. The lowest BCUT2D eigenvalue weighted by atomic mass is 10.2. The van der Waals surface area contributed by atoms with E-state index in [1.165, 1.54) is 0 Å². The number of hydrazone groups is 1. The van der Waals surface area contributed by atoms with Crippen LogP contribution in [0.1, 0.15) is 17.7 Å². The quantitative estimate of drug-likeness (QED) is 0.388. The number of benzene rings is 1. The van der Waals surface area contributed by atoms with Gasteiger partial charge in [-0.2, -0.15) is 10.2 Å². The molecular formula is C15H14N6O3. The van der Waals surface area contributed by atoms with Crippen molar-refractivity contribution < 1.29 is 4.79 Å². The fraction of sp³-hybridized carbons (Fsp3) is 0.133. The number of hydrogen-bond donors (Lipinski definition) is 4. The van der Waals surface area contributed by atoms with Crippen LogP contribution in [0, 0.1) is 0 Å². The second kappa shape index (κ2) is 6.73. The van der Waals surface area contributed by atoms with Crippen LogP contribution in [0.15, 0.2) is 45.2 Å². The molecule has 2 aromatic heterocycles. The predicted octanol–water partition coefficient (Wildman–Crippen LogP) is 0.0224. The number of carbonyl (C=O) groups is 1. The van der Waals surface area contributed by atoms with E-state index in [0.717, 1.165) is 16.5 Å². The molecule has 0 spiro atoms. The highest BCUT2D eigenvalue weighted by atomic mass is 16.2. The number of hydrogen-bond acceptors (Lipinski definition) is 5. The number of fused-ring (bicyclic) bond motifs is 1. The molecule has 3 aromatic rings. The summed E-state index contributed by atoms with van der Waals surface area (Å²) in [6.07, 6.45) is 3.46. The fourth-order valence-corrected chi connectivity index (χ4v) is 2.20. The molecule has 0 saturated carbocycles. The van der Waals surface area contributed by atoms with Crippen molar-refractivity contribution in [2.75, 3.05) is 0 Å². The second-order valence-corrected chi connectivity index (χ2v) is 5.04. The Labute approximate surface area is 134 Å². The van der Waals surface area contributed by atoms with Gasteiger partial charge in [-0.25, -0.2) is 15.3 Å². The predicted molar refractivity (Wildman–Crippen MR) is 87.8 cm³/mol. The van der Waals surface area contributed by atoms with Gasteiger partial charge >= 0.3 is 5.69 Å². The smallest absolute Gasteiger partial charge is 0.342 e. The van der Waals surface area contributed by atoms with Gasteiger partial charge in [0.15, 0.2) is 0 Å². The van der Waals surface area contributed by atoms with E-state index in [9.17, 15) is 14.4 Å². The average molecular weight is 326 g/mol. The van der Waals surface area contributed by atoms with E-state index in [1.807, 2.05) is 29.2 Å². The highest BCUT2D eigenvalue weighted by molar-refractivity contribution is 5.99. The number of rotatable bonds is 5. The topological polar surface area (TPSA) is 136 Å². The van der Waals surface area contributed by atoms with Gasteiger partial charge in [-0.1, -0.05) is 18.2 Å². The Morgan fingerprint density at radius 2 is 2.12 bits per heavy atom. The number of nitrogens with one attached hydrogen (secondary N) is 4. The first-order valence-electron chi connectivity index (χ1n) is 7.19. The van der Waals surface area contributed by atoms with E-state index in [1.54, 1.807) is 12.4 Å². The van der Waals surface area contributed by atoms with Crippen LogP contribution in [-0.2, 0) is 11.2 Å². The normalized spacial score (nSPS) is 11.2. The van der Waals surface area contributed by atoms with Crippen LogP contribution >= 0.6 is 0 Å². The molecule has 0 aliphatic heterocycles. The van der Waals surface area contributed by atoms with E-state index in [-0.39, 0.29) is 24.4 Å². The summed E-state index contributed by atoms with van der Waals surface area (Å²) < 4.78 is 0. The van der Waals surface area contributed by atoms with Crippen molar-refractivity contribution in [2.45, 2.75) is 12.8 Å². The summed E-state index contributed by atoms with van der Waals surface area (Å²) >= 11 is 0. The largest absolute Gasteiger partial charge is 0.361 e. The maximum Gasteiger partial charge on any atom is 0.342 e. The minimum atomic E-state index is -0.684. The molecule has 0 saturated heterocycles. The van der Waals surface area contributed by atoms with Gasteiger partial charge < -0.3 is 4.98 Å². The van der Waals surface area contributed by atoms with Gasteiger partial charge in [-0.05, 0) is 6.07 Å². The highest BCUT2D eigenvalue weighted by Crippen LogP contribution is 2.15. The average Bonchev–Trinajstić information content (AvgIpc) is 2.97. The summed E-state index contributed by atoms with van der Waals surface area (Å²) in [6.45, 7) is 0. The van der Waals surface area contributed by atoms with Gasteiger partial charge in [0.1, 0.15) is 5.69 Å². The Balaban J connectivity index is 1.57. The molecule has 0 radical (unpaired) electrons. The van der Waals surface area contributed by atoms with E-state index in [4.69, 9.17) is 0 Å². The van der Waals surface area contributed by atoms with E-state index < -0.39 is 11.2 Å². The molecule has 9 heteroatoms. The molecule has 1 aromatic carbocycles. The zero-order chi connectivity index (χ0) is 16.9. The standard InChI is InChI=1S/C15H14N6O3/c22-13(6-5-12-14(23)18-15(24)21-19-12)20-17-8-9-7-16-11-4-2-1-3-10(9)11/h1-4,7-8,16H,5-6H2,(H,20,22)(H2,18,21,23,24)/b17-8+. The third-order valence-electron chi connectivity index (χ3n) is 3.38. The van der Waals surface area contributed by atoms with Crippen molar-refractivity contribution in [3.05, 3.63) is 62.6 Å². The van der Waals surface area contributed by atoms with Crippen molar-refractivity contribution in [2.24, 2.45) is 5.10 Å². The lowest BCUT2D eigenvalue weighted by Crippen LogP contribution is -2.28. The summed E-state index contributed by atoms with van der Waals surface area (Å²) in [7, 11) is 0. The van der Waals surface area contributed by atoms with Crippen molar-refractivity contribution in [1.29, 1.82) is 0 Å². The van der Waals surface area contributed by atoms with Gasteiger partial charge in [0.05, 0.1) is 6.21 Å². The Morgan fingerprint density at radius 3 is 2.96 bits per heavy atom. The Morgan fingerprint density at radius 1 is 1.29 bits per heavy atom. The number of aromatic amines is 3. The summed E-state index contributed by atoms with van der Waals surface area (Å²) in [5, 5.41) is 10.6. The van der Waals surface area contributed by atoms with Crippen LogP contribution in [0.25, 0.3) is 10.9 Å². The molecule has 122 valence electrons. The Bertz CT molecular complexity index is 1010. The van der Waals surface area contributed by atoms with E-state index in [0.29, 0.717) is 0 Å². The van der Waals surface area contributed by atoms with Crippen LogP contribution < -0.4 is 16.7 Å². The van der Waals surface area contributed by atoms with Crippen molar-refractivity contribution in [3.63, 3.8) is 0 Å². The monoisotopic (exact) mass is 326 g/mol. The molecule has 0 aliphatic rings. The van der Waals surface area contributed by atoms with Crippen LogP contribution in [-0.4, -0.2) is 32.3 Å². The van der Waals surface area contributed by atoms with Crippen LogP contribution in [0.4, 0.5) is 0 Å². The maximum absolute atomic E-state index is 11.7. The van der Waals surface area contributed by atoms with Crippen LogP contribution in [0.2, 0.25) is 0 Å². The number of nitrogens with zero attached hydrogens (tertiary/aromatic N) is 2. The van der Waals surface area contributed by atoms with Crippen LogP contribution in [0.3, 0.4) is 0 Å². The molecule has 24 heavy (non-hydrogen) atoms. The molecular weight excluding hydrogens is 312 g/mol. The van der Waals surface area contributed by atoms with Crippen molar-refractivity contribution >= 4 is 23.0 Å². The molecule has 0 bridgehead atoms. The minimum Gasteiger partial charge on any atom is -0.361 e. The number of aromatic nitrogens is 4. The Kier molecular flexibility index (Phi) is 4.32. The summed E-state index contributed by atoms with van der Waals surface area (Å²) in [6, 6.07) is 7.73. The first-order valence-corrected chi connectivity index (χ1v) is 7.19. The molecule has 1 amide bonds. The summed E-state index contributed by atoms with van der Waals surface area (Å²) in [5.41, 5.74) is 3.02. The second-order valence-electron chi connectivity index (χ2n) is 5.04. The van der Waals surface area contributed by atoms with Gasteiger partial charge in [0, 0.05) is 35.5 Å². The van der Waals surface area contributed by atoms with E-state index >= 15 is 0 Å². The molecule has 4 N–H and O–H groups in total. The molecule has 0 unspecified atom stereocenters. The Hall–Kier alpha value is -3.49. The molecule has 2 heterocycles. The number of para-hydroxylation sites is 1. The number of H-pyrrole nitrogens is 3. The summed E-state index contributed by atoms with van der Waals surface area (Å²) in [5.74, 6) is -0.363. The maximum atomic E-state index is 11.7. The highest BCUT2D eigenvalue weighted by Gasteiger charge is 2.06. The number of aryl methyl sites for hydroxylation is 1. The van der Waals surface area contributed by atoms with Crippen LogP contribution in [0.5, 0.6) is 0 Å². The zero-order valence-electron chi connectivity index (χ0n) is 12.5. The molecule has 9 nitrogen and oxygen atoms in total. The SMILES string of the molecule is O=C(CCc1n[nH]c(=O)[nH]c1=O)N/N=C/c1c[nH]c2ccccc12. The first kappa shape index (κ1) is 15.4. The molecule has 0 aliphatic carbocycles. The zero-order valence-corrected chi connectivity index (χ0v) is 12.5. The van der Waals surface area contributed by atoms with Gasteiger partial charge in [-0.15, -0.1) is 0 Å². The lowest BCUT2D eigenvalue weighted by Gasteiger charge is -1.99. The third kappa shape index (κ3) is 3.46. The summed E-state index contributed by atoms with van der Waals surface area (Å²) in [4.78, 5) is 39.2. The van der Waals surface area contributed by atoms with Gasteiger partial charge in [-0.3, -0.25) is 14.6 Å².